The number of carbonyl (C=O) groups is 1. The molecule has 1 aromatic carbocycles. The summed E-state index contributed by atoms with van der Waals surface area (Å²) < 4.78 is 5.88. The van der Waals surface area contributed by atoms with Gasteiger partial charge >= 0.3 is 5.97 Å². The molecule has 1 aromatic heterocycles. The van der Waals surface area contributed by atoms with Crippen molar-refractivity contribution in [2.45, 2.75) is 89.8 Å². The smallest absolute Gasteiger partial charge is 0.324 e. The maximum Gasteiger partial charge on any atom is 0.324 e. The van der Waals surface area contributed by atoms with Crippen molar-refractivity contribution in [3.63, 3.8) is 0 Å². The highest BCUT2D eigenvalue weighted by Crippen LogP contribution is 2.49. The first-order valence-corrected chi connectivity index (χ1v) is 10.8. The molecule has 2 heterocycles. The molecule has 0 bridgehead atoms. The summed E-state index contributed by atoms with van der Waals surface area (Å²) in [7, 11) is 0. The van der Waals surface area contributed by atoms with Gasteiger partial charge in [0, 0.05) is 22.5 Å². The van der Waals surface area contributed by atoms with Crippen LogP contribution in [0.5, 0.6) is 0 Å². The summed E-state index contributed by atoms with van der Waals surface area (Å²) >= 11 is 0. The third kappa shape index (κ3) is 3.26. The SMILES string of the molecule is CC(C)[C@@H]1c2c([nH]c3ccccc23)C2(CCCCC2)N[C@@H]1C(=O)OC(C)(C)C. The number of esters is 1. The van der Waals surface area contributed by atoms with Gasteiger partial charge in [0.2, 0.25) is 0 Å². The molecule has 0 radical (unpaired) electrons. The normalized spacial score (nSPS) is 24.5. The molecular weight excluding hydrogens is 348 g/mol. The number of hydrogen-bond acceptors (Lipinski definition) is 3. The van der Waals surface area contributed by atoms with Crippen LogP contribution in [0, 0.1) is 5.92 Å². The fraction of sp³-hybridized carbons (Fsp3) is 0.625. The van der Waals surface area contributed by atoms with Gasteiger partial charge in [0.25, 0.3) is 0 Å². The van der Waals surface area contributed by atoms with Gasteiger partial charge in [0.05, 0.1) is 5.54 Å². The van der Waals surface area contributed by atoms with Crippen molar-refractivity contribution in [1.29, 1.82) is 0 Å². The van der Waals surface area contributed by atoms with Crippen LogP contribution in [0.15, 0.2) is 24.3 Å². The molecular formula is C24H34N2O2. The third-order valence-corrected chi connectivity index (χ3v) is 6.44. The van der Waals surface area contributed by atoms with Crippen LogP contribution in [-0.2, 0) is 15.1 Å². The van der Waals surface area contributed by atoms with Crippen molar-refractivity contribution < 1.29 is 9.53 Å². The zero-order chi connectivity index (χ0) is 20.1. The first kappa shape index (κ1) is 19.5. The van der Waals surface area contributed by atoms with Crippen LogP contribution in [0.1, 0.15) is 83.9 Å². The number of aromatic amines is 1. The van der Waals surface area contributed by atoms with Crippen molar-refractivity contribution in [3.05, 3.63) is 35.5 Å². The van der Waals surface area contributed by atoms with Gasteiger partial charge in [0.1, 0.15) is 11.6 Å². The van der Waals surface area contributed by atoms with Gasteiger partial charge in [0.15, 0.2) is 0 Å². The van der Waals surface area contributed by atoms with E-state index in [1.807, 2.05) is 20.8 Å². The molecule has 1 aliphatic heterocycles. The average molecular weight is 383 g/mol. The summed E-state index contributed by atoms with van der Waals surface area (Å²) in [6, 6.07) is 8.23. The Morgan fingerprint density at radius 2 is 1.82 bits per heavy atom. The number of benzene rings is 1. The van der Waals surface area contributed by atoms with E-state index in [1.54, 1.807) is 0 Å². The standard InChI is InChI=1S/C24H34N2O2/c1-15(2)18-19-16-11-7-8-12-17(16)25-21(19)24(13-9-6-10-14-24)26-20(18)22(27)28-23(3,4)5/h7-8,11-12,15,18,20,25-26H,6,9-10,13-14H2,1-5H3/t18-,20+/m1/s1. The summed E-state index contributed by atoms with van der Waals surface area (Å²) in [5.74, 6) is 0.296. The highest BCUT2D eigenvalue weighted by atomic mass is 16.6. The first-order valence-electron chi connectivity index (χ1n) is 10.8. The minimum absolute atomic E-state index is 0.0913. The molecule has 0 unspecified atom stereocenters. The Morgan fingerprint density at radius 3 is 2.46 bits per heavy atom. The van der Waals surface area contributed by atoms with Gasteiger partial charge in [-0.3, -0.25) is 10.1 Å². The molecule has 2 N–H and O–H groups in total. The highest BCUT2D eigenvalue weighted by molar-refractivity contribution is 5.88. The van der Waals surface area contributed by atoms with Crippen LogP contribution in [0.25, 0.3) is 10.9 Å². The van der Waals surface area contributed by atoms with E-state index in [0.29, 0.717) is 5.92 Å². The number of H-pyrrole nitrogens is 1. The Labute approximate surface area is 168 Å². The average Bonchev–Trinajstić information content (AvgIpc) is 3.01. The maximum absolute atomic E-state index is 13.3. The molecule has 2 aliphatic rings. The third-order valence-electron chi connectivity index (χ3n) is 6.44. The predicted molar refractivity (Wildman–Crippen MR) is 113 cm³/mol. The van der Waals surface area contributed by atoms with Crippen LogP contribution in [-0.4, -0.2) is 22.6 Å². The Hall–Kier alpha value is -1.81. The van der Waals surface area contributed by atoms with E-state index in [4.69, 9.17) is 4.74 Å². The second kappa shape index (κ2) is 6.91. The molecule has 0 amide bonds. The van der Waals surface area contributed by atoms with E-state index in [1.165, 1.54) is 41.4 Å². The van der Waals surface area contributed by atoms with Gasteiger partial charge < -0.3 is 9.72 Å². The molecule has 4 heteroatoms. The summed E-state index contributed by atoms with van der Waals surface area (Å²) in [5.41, 5.74) is 3.18. The molecule has 2 aromatic rings. The first-order chi connectivity index (χ1) is 13.2. The summed E-state index contributed by atoms with van der Waals surface area (Å²) in [5, 5.41) is 5.09. The lowest BCUT2D eigenvalue weighted by molar-refractivity contribution is -0.160. The van der Waals surface area contributed by atoms with E-state index in [-0.39, 0.29) is 23.5 Å². The Morgan fingerprint density at radius 1 is 1.14 bits per heavy atom. The number of carbonyl (C=O) groups excluding carboxylic acids is 1. The number of para-hydroxylation sites is 1. The Kier molecular flexibility index (Phi) is 4.81. The van der Waals surface area contributed by atoms with Crippen LogP contribution >= 0.6 is 0 Å². The Bertz CT molecular complexity index is 868. The highest BCUT2D eigenvalue weighted by Gasteiger charge is 2.50. The van der Waals surface area contributed by atoms with Gasteiger partial charge in [-0.05, 0) is 51.2 Å². The fourth-order valence-corrected chi connectivity index (χ4v) is 5.35. The zero-order valence-electron chi connectivity index (χ0n) is 17.9. The molecule has 1 saturated carbocycles. The topological polar surface area (TPSA) is 54.1 Å². The number of nitrogens with one attached hydrogen (secondary N) is 2. The predicted octanol–water partition coefficient (Wildman–Crippen LogP) is 5.38. The lowest BCUT2D eigenvalue weighted by Gasteiger charge is -2.48. The number of rotatable bonds is 2. The molecule has 28 heavy (non-hydrogen) atoms. The minimum atomic E-state index is -0.486. The van der Waals surface area contributed by atoms with Crippen molar-refractivity contribution in [3.8, 4) is 0 Å². The summed E-state index contributed by atoms with van der Waals surface area (Å²) in [6.45, 7) is 10.3. The zero-order valence-corrected chi connectivity index (χ0v) is 17.9. The molecule has 1 fully saturated rings. The molecule has 4 rings (SSSR count). The Balaban J connectivity index is 1.89. The monoisotopic (exact) mass is 382 g/mol. The second-order valence-corrected chi connectivity index (χ2v) is 10.0. The van der Waals surface area contributed by atoms with Gasteiger partial charge in [-0.2, -0.15) is 0 Å². The number of aromatic nitrogens is 1. The lowest BCUT2D eigenvalue weighted by atomic mass is 9.68. The van der Waals surface area contributed by atoms with Crippen LogP contribution in [0.2, 0.25) is 0 Å². The minimum Gasteiger partial charge on any atom is -0.459 e. The number of ether oxygens (including phenoxy) is 1. The largest absolute Gasteiger partial charge is 0.459 e. The van der Waals surface area contributed by atoms with E-state index in [0.717, 1.165) is 12.8 Å². The molecule has 4 nitrogen and oxygen atoms in total. The second-order valence-electron chi connectivity index (χ2n) is 10.0. The van der Waals surface area contributed by atoms with Crippen molar-refractivity contribution in [2.24, 2.45) is 5.92 Å². The fourth-order valence-electron chi connectivity index (χ4n) is 5.35. The van der Waals surface area contributed by atoms with Crippen LogP contribution < -0.4 is 5.32 Å². The van der Waals surface area contributed by atoms with Gasteiger partial charge in [-0.15, -0.1) is 0 Å². The van der Waals surface area contributed by atoms with Crippen LogP contribution in [0.3, 0.4) is 0 Å². The van der Waals surface area contributed by atoms with Crippen molar-refractivity contribution in [2.75, 3.05) is 0 Å². The van der Waals surface area contributed by atoms with Gasteiger partial charge in [-0.1, -0.05) is 51.3 Å². The van der Waals surface area contributed by atoms with E-state index < -0.39 is 5.60 Å². The molecule has 1 aliphatic carbocycles. The van der Waals surface area contributed by atoms with Crippen LogP contribution in [0.4, 0.5) is 0 Å². The molecule has 0 saturated heterocycles. The van der Waals surface area contributed by atoms with E-state index in [9.17, 15) is 4.79 Å². The van der Waals surface area contributed by atoms with Gasteiger partial charge in [-0.25, -0.2) is 0 Å². The molecule has 2 atom stereocenters. The maximum atomic E-state index is 13.3. The van der Waals surface area contributed by atoms with E-state index in [2.05, 4.69) is 48.4 Å². The number of fused-ring (bicyclic) bond motifs is 4. The number of hydrogen-bond donors (Lipinski definition) is 2. The summed E-state index contributed by atoms with van der Waals surface area (Å²) in [4.78, 5) is 17.1. The molecule has 1 spiro atoms. The summed E-state index contributed by atoms with van der Waals surface area (Å²) in [6.07, 6.45) is 5.78. The van der Waals surface area contributed by atoms with Crippen molar-refractivity contribution in [1.82, 2.24) is 10.3 Å². The molecule has 152 valence electrons. The van der Waals surface area contributed by atoms with Crippen molar-refractivity contribution >= 4 is 16.9 Å². The van der Waals surface area contributed by atoms with E-state index >= 15 is 0 Å². The quantitative estimate of drug-likeness (QED) is 0.686. The lowest BCUT2D eigenvalue weighted by Crippen LogP contribution is -2.59.